The number of benzene rings is 2. The molecule has 17 heavy (non-hydrogen) atoms. The van der Waals surface area contributed by atoms with E-state index in [2.05, 4.69) is 15.9 Å². The van der Waals surface area contributed by atoms with Gasteiger partial charge in [0.1, 0.15) is 12.4 Å². The molecule has 0 aliphatic carbocycles. The predicted molar refractivity (Wildman–Crippen MR) is 70.3 cm³/mol. The van der Waals surface area contributed by atoms with E-state index in [1.165, 1.54) is 0 Å². The predicted octanol–water partition coefficient (Wildman–Crippen LogP) is 3.84. The maximum atomic E-state index is 10.9. The number of hydrogen-bond donors (Lipinski definition) is 0. The van der Waals surface area contributed by atoms with Crippen LogP contribution in [0.1, 0.15) is 15.9 Å². The van der Waals surface area contributed by atoms with Gasteiger partial charge in [-0.1, -0.05) is 46.3 Å². The average molecular weight is 291 g/mol. The normalized spacial score (nSPS) is 9.94. The van der Waals surface area contributed by atoms with Crippen LogP contribution >= 0.6 is 15.9 Å². The van der Waals surface area contributed by atoms with Gasteiger partial charge in [-0.3, -0.25) is 4.79 Å². The number of halogens is 1. The molecule has 2 aromatic rings. The number of hydrogen-bond acceptors (Lipinski definition) is 2. The molecule has 0 fully saturated rings. The van der Waals surface area contributed by atoms with E-state index in [1.54, 1.807) is 12.1 Å². The van der Waals surface area contributed by atoms with Crippen molar-refractivity contribution in [2.75, 3.05) is 0 Å². The van der Waals surface area contributed by atoms with Gasteiger partial charge in [0, 0.05) is 4.47 Å². The van der Waals surface area contributed by atoms with Crippen molar-refractivity contribution in [3.63, 3.8) is 0 Å². The zero-order valence-electron chi connectivity index (χ0n) is 9.10. The minimum absolute atomic E-state index is 0.456. The molecular weight excluding hydrogens is 280 g/mol. The molecule has 0 aliphatic rings. The van der Waals surface area contributed by atoms with Crippen LogP contribution in [-0.4, -0.2) is 6.29 Å². The highest BCUT2D eigenvalue weighted by Crippen LogP contribution is 2.23. The lowest BCUT2D eigenvalue weighted by molar-refractivity contribution is 0.111. The summed E-state index contributed by atoms with van der Waals surface area (Å²) in [5.41, 5.74) is 1.63. The fourth-order valence-electron chi connectivity index (χ4n) is 1.47. The molecule has 0 saturated carbocycles. The highest BCUT2D eigenvalue weighted by molar-refractivity contribution is 9.10. The quantitative estimate of drug-likeness (QED) is 0.800. The first-order valence-corrected chi connectivity index (χ1v) is 6.00. The largest absolute Gasteiger partial charge is 0.488 e. The van der Waals surface area contributed by atoms with Crippen LogP contribution in [0.15, 0.2) is 53.0 Å². The van der Waals surface area contributed by atoms with Crippen LogP contribution < -0.4 is 4.74 Å². The Kier molecular flexibility index (Phi) is 3.94. The van der Waals surface area contributed by atoms with Crippen molar-refractivity contribution in [2.45, 2.75) is 6.61 Å². The van der Waals surface area contributed by atoms with E-state index in [9.17, 15) is 4.79 Å². The van der Waals surface area contributed by atoms with Crippen molar-refractivity contribution in [2.24, 2.45) is 0 Å². The summed E-state index contributed by atoms with van der Waals surface area (Å²) in [4.78, 5) is 10.9. The molecule has 0 unspecified atom stereocenters. The molecular formula is C14H11BrO2. The van der Waals surface area contributed by atoms with E-state index in [0.29, 0.717) is 17.9 Å². The van der Waals surface area contributed by atoms with E-state index >= 15 is 0 Å². The molecule has 2 nitrogen and oxygen atoms in total. The van der Waals surface area contributed by atoms with Gasteiger partial charge in [0.25, 0.3) is 0 Å². The zero-order chi connectivity index (χ0) is 12.1. The second-order valence-corrected chi connectivity index (χ2v) is 4.49. The van der Waals surface area contributed by atoms with Crippen LogP contribution in [0.25, 0.3) is 0 Å². The molecule has 3 heteroatoms. The maximum absolute atomic E-state index is 10.9. The van der Waals surface area contributed by atoms with E-state index in [1.807, 2.05) is 36.4 Å². The Balaban J connectivity index is 2.13. The van der Waals surface area contributed by atoms with Crippen molar-refractivity contribution < 1.29 is 9.53 Å². The number of rotatable bonds is 4. The summed E-state index contributed by atoms with van der Waals surface area (Å²) in [5, 5.41) is 0. The van der Waals surface area contributed by atoms with Crippen LogP contribution in [0.2, 0.25) is 0 Å². The van der Waals surface area contributed by atoms with E-state index in [-0.39, 0.29) is 0 Å². The van der Waals surface area contributed by atoms with Gasteiger partial charge in [-0.25, -0.2) is 0 Å². The molecule has 2 rings (SSSR count). The first-order chi connectivity index (χ1) is 8.29. The van der Waals surface area contributed by atoms with Gasteiger partial charge in [-0.15, -0.1) is 0 Å². The topological polar surface area (TPSA) is 26.3 Å². The number of carbonyl (C=O) groups is 1. The molecule has 86 valence electrons. The van der Waals surface area contributed by atoms with Gasteiger partial charge in [-0.2, -0.15) is 0 Å². The van der Waals surface area contributed by atoms with Gasteiger partial charge in [0.15, 0.2) is 6.29 Å². The molecule has 0 aromatic heterocycles. The number of aldehydes is 1. The molecule has 0 spiro atoms. The summed E-state index contributed by atoms with van der Waals surface area (Å²) in [6.07, 6.45) is 0.798. The molecule has 0 aliphatic heterocycles. The Morgan fingerprint density at radius 3 is 2.59 bits per heavy atom. The Labute approximate surface area is 108 Å². The third-order valence-corrected chi connectivity index (χ3v) is 2.83. The van der Waals surface area contributed by atoms with Crippen molar-refractivity contribution in [1.82, 2.24) is 0 Å². The number of carbonyl (C=O) groups excluding carboxylic acids is 1. The van der Waals surface area contributed by atoms with Crippen molar-refractivity contribution in [3.05, 3.63) is 64.1 Å². The molecule has 2 aromatic carbocycles. The summed E-state index contributed by atoms with van der Waals surface area (Å²) < 4.78 is 6.53. The third-order valence-electron chi connectivity index (χ3n) is 2.34. The summed E-state index contributed by atoms with van der Waals surface area (Å²) in [6.45, 7) is 0.456. The van der Waals surface area contributed by atoms with Gasteiger partial charge < -0.3 is 4.74 Å². The fourth-order valence-corrected chi connectivity index (χ4v) is 1.81. The maximum Gasteiger partial charge on any atom is 0.153 e. The Hall–Kier alpha value is -1.61. The van der Waals surface area contributed by atoms with E-state index < -0.39 is 0 Å². The Bertz CT molecular complexity index is 509. The Morgan fingerprint density at radius 2 is 1.88 bits per heavy atom. The average Bonchev–Trinajstić information content (AvgIpc) is 2.38. The zero-order valence-corrected chi connectivity index (χ0v) is 10.7. The fraction of sp³-hybridized carbons (Fsp3) is 0.0714. The molecule has 0 radical (unpaired) electrons. The molecule has 0 bridgehead atoms. The van der Waals surface area contributed by atoms with Gasteiger partial charge in [-0.05, 0) is 23.8 Å². The minimum atomic E-state index is 0.456. The monoisotopic (exact) mass is 290 g/mol. The lowest BCUT2D eigenvalue weighted by Gasteiger charge is -2.08. The van der Waals surface area contributed by atoms with Gasteiger partial charge in [0.05, 0.1) is 5.56 Å². The summed E-state index contributed by atoms with van der Waals surface area (Å²) in [6, 6.07) is 15.2. The standard InChI is InChI=1S/C14H11BrO2/c15-13-7-6-12(9-16)14(8-13)17-10-11-4-2-1-3-5-11/h1-9H,10H2. The third kappa shape index (κ3) is 3.17. The second-order valence-electron chi connectivity index (χ2n) is 3.57. The first-order valence-electron chi connectivity index (χ1n) is 5.21. The summed E-state index contributed by atoms with van der Waals surface area (Å²) >= 11 is 3.36. The van der Waals surface area contributed by atoms with Crippen molar-refractivity contribution in [3.8, 4) is 5.75 Å². The summed E-state index contributed by atoms with van der Waals surface area (Å²) in [7, 11) is 0. The van der Waals surface area contributed by atoms with Gasteiger partial charge in [0.2, 0.25) is 0 Å². The van der Waals surface area contributed by atoms with Crippen LogP contribution in [0, 0.1) is 0 Å². The van der Waals surface area contributed by atoms with Crippen LogP contribution in [0.3, 0.4) is 0 Å². The SMILES string of the molecule is O=Cc1ccc(Br)cc1OCc1ccccc1. The second kappa shape index (κ2) is 5.64. The minimum Gasteiger partial charge on any atom is -0.488 e. The highest BCUT2D eigenvalue weighted by atomic mass is 79.9. The highest BCUT2D eigenvalue weighted by Gasteiger charge is 2.03. The van der Waals surface area contributed by atoms with E-state index in [0.717, 1.165) is 16.3 Å². The van der Waals surface area contributed by atoms with Crippen molar-refractivity contribution in [1.29, 1.82) is 0 Å². The Morgan fingerprint density at radius 1 is 1.12 bits per heavy atom. The lowest BCUT2D eigenvalue weighted by Crippen LogP contribution is -1.98. The molecule has 0 saturated heterocycles. The van der Waals surface area contributed by atoms with E-state index in [4.69, 9.17) is 4.74 Å². The van der Waals surface area contributed by atoms with Crippen molar-refractivity contribution >= 4 is 22.2 Å². The van der Waals surface area contributed by atoms with Crippen LogP contribution in [0.4, 0.5) is 0 Å². The van der Waals surface area contributed by atoms with Crippen LogP contribution in [-0.2, 0) is 6.61 Å². The van der Waals surface area contributed by atoms with Crippen LogP contribution in [0.5, 0.6) is 5.75 Å². The molecule has 0 heterocycles. The molecule has 0 atom stereocenters. The molecule has 0 N–H and O–H groups in total. The smallest absolute Gasteiger partial charge is 0.153 e. The summed E-state index contributed by atoms with van der Waals surface area (Å²) in [5.74, 6) is 0.596. The number of ether oxygens (including phenoxy) is 1. The molecule has 0 amide bonds. The first kappa shape index (κ1) is 11.9. The lowest BCUT2D eigenvalue weighted by atomic mass is 10.2. The van der Waals surface area contributed by atoms with Gasteiger partial charge >= 0.3 is 0 Å².